The summed E-state index contributed by atoms with van der Waals surface area (Å²) in [5.74, 6) is -0.0494. The minimum atomic E-state index is -0.0494. The Balaban J connectivity index is 1.73. The number of nitrogens with one attached hydrogen (secondary N) is 1. The molecule has 6 heteroatoms. The van der Waals surface area contributed by atoms with E-state index < -0.39 is 0 Å². The summed E-state index contributed by atoms with van der Waals surface area (Å²) in [6.07, 6.45) is 3.19. The van der Waals surface area contributed by atoms with Gasteiger partial charge in [0.05, 0.1) is 23.0 Å². The van der Waals surface area contributed by atoms with Crippen molar-refractivity contribution in [3.63, 3.8) is 0 Å². The topological polar surface area (TPSA) is 76.0 Å². The highest BCUT2D eigenvalue weighted by molar-refractivity contribution is 6.09. The second-order valence-corrected chi connectivity index (χ2v) is 8.08. The van der Waals surface area contributed by atoms with Crippen molar-refractivity contribution in [1.82, 2.24) is 15.1 Å². The van der Waals surface area contributed by atoms with E-state index in [0.29, 0.717) is 31.7 Å². The van der Waals surface area contributed by atoms with Crippen LogP contribution in [0.3, 0.4) is 0 Å². The second-order valence-electron chi connectivity index (χ2n) is 8.08. The number of carbonyl (C=O) groups is 1. The molecular formula is C26H23N5O. The van der Waals surface area contributed by atoms with E-state index in [-0.39, 0.29) is 5.91 Å². The molecule has 32 heavy (non-hydrogen) atoms. The fourth-order valence-electron chi connectivity index (χ4n) is 4.71. The highest BCUT2D eigenvalue weighted by Gasteiger charge is 2.25. The van der Waals surface area contributed by atoms with E-state index in [2.05, 4.69) is 58.9 Å². The normalized spacial score (nSPS) is 14.0. The van der Waals surface area contributed by atoms with Crippen molar-refractivity contribution in [1.29, 1.82) is 5.26 Å². The average Bonchev–Trinajstić information content (AvgIpc) is 3.31. The number of hydrogen-bond acceptors (Lipinski definition) is 4. The van der Waals surface area contributed by atoms with Gasteiger partial charge in [0.15, 0.2) is 0 Å². The summed E-state index contributed by atoms with van der Waals surface area (Å²) in [5, 5.41) is 20.8. The van der Waals surface area contributed by atoms with Crippen molar-refractivity contribution < 1.29 is 4.79 Å². The first-order chi connectivity index (χ1) is 15.6. The van der Waals surface area contributed by atoms with Crippen LogP contribution in [-0.2, 0) is 4.79 Å². The lowest BCUT2D eigenvalue weighted by atomic mass is 9.88. The molecule has 0 atom stereocenters. The summed E-state index contributed by atoms with van der Waals surface area (Å²) in [6.45, 7) is 8.21. The van der Waals surface area contributed by atoms with Gasteiger partial charge in [-0.25, -0.2) is 0 Å². The van der Waals surface area contributed by atoms with Gasteiger partial charge in [0.25, 0.3) is 0 Å². The third-order valence-electron chi connectivity index (χ3n) is 6.33. The van der Waals surface area contributed by atoms with E-state index in [4.69, 9.17) is 0 Å². The first kappa shape index (κ1) is 19.8. The molecule has 0 radical (unpaired) electrons. The van der Waals surface area contributed by atoms with Crippen LogP contribution in [0.5, 0.6) is 0 Å². The van der Waals surface area contributed by atoms with Gasteiger partial charge >= 0.3 is 0 Å². The van der Waals surface area contributed by atoms with Gasteiger partial charge < -0.3 is 9.80 Å². The number of nitrogens with zero attached hydrogens (tertiary/aromatic N) is 4. The summed E-state index contributed by atoms with van der Waals surface area (Å²) in [7, 11) is 0. The Kier molecular flexibility index (Phi) is 4.87. The van der Waals surface area contributed by atoms with E-state index >= 15 is 0 Å². The molecule has 1 saturated heterocycles. The zero-order valence-electron chi connectivity index (χ0n) is 17.9. The average molecular weight is 422 g/mol. The number of anilines is 1. The van der Waals surface area contributed by atoms with Gasteiger partial charge in [0.1, 0.15) is 6.07 Å². The largest absolute Gasteiger partial charge is 0.367 e. The maximum absolute atomic E-state index is 12.0. The summed E-state index contributed by atoms with van der Waals surface area (Å²) in [6, 6.07) is 16.9. The number of fused-ring (bicyclic) bond motifs is 2. The predicted molar refractivity (Wildman–Crippen MR) is 127 cm³/mol. The number of aromatic nitrogens is 2. The van der Waals surface area contributed by atoms with E-state index in [0.717, 1.165) is 44.1 Å². The lowest BCUT2D eigenvalue weighted by molar-refractivity contribution is -0.126. The monoisotopic (exact) mass is 421 g/mol. The van der Waals surface area contributed by atoms with Gasteiger partial charge in [-0.3, -0.25) is 9.89 Å². The molecule has 1 fully saturated rings. The zero-order valence-corrected chi connectivity index (χ0v) is 17.9. The Hall–Kier alpha value is -4.11. The molecule has 0 unspecified atom stereocenters. The molecule has 2 heterocycles. The quantitative estimate of drug-likeness (QED) is 0.498. The van der Waals surface area contributed by atoms with Crippen molar-refractivity contribution in [2.75, 3.05) is 31.1 Å². The zero-order chi connectivity index (χ0) is 22.2. The highest BCUT2D eigenvalue weighted by atomic mass is 16.2. The number of amides is 1. The van der Waals surface area contributed by atoms with Gasteiger partial charge in [-0.2, -0.15) is 10.4 Å². The van der Waals surface area contributed by atoms with Crippen LogP contribution in [0, 0.1) is 18.3 Å². The Morgan fingerprint density at radius 3 is 2.66 bits per heavy atom. The third-order valence-corrected chi connectivity index (χ3v) is 6.33. The van der Waals surface area contributed by atoms with Gasteiger partial charge in [-0.05, 0) is 47.0 Å². The molecule has 6 nitrogen and oxygen atoms in total. The lowest BCUT2D eigenvalue weighted by Gasteiger charge is -2.36. The Bertz CT molecular complexity index is 1400. The first-order valence-electron chi connectivity index (χ1n) is 10.7. The van der Waals surface area contributed by atoms with E-state index in [1.807, 2.05) is 24.4 Å². The van der Waals surface area contributed by atoms with Crippen LogP contribution in [0.25, 0.3) is 32.8 Å². The van der Waals surface area contributed by atoms with Crippen LogP contribution in [0.4, 0.5) is 5.69 Å². The summed E-state index contributed by atoms with van der Waals surface area (Å²) >= 11 is 0. The fourth-order valence-corrected chi connectivity index (χ4v) is 4.71. The van der Waals surface area contributed by atoms with Crippen LogP contribution in [0.1, 0.15) is 11.1 Å². The number of rotatable bonds is 3. The molecular weight excluding hydrogens is 398 g/mol. The number of nitriles is 1. The third kappa shape index (κ3) is 3.10. The molecule has 158 valence electrons. The molecule has 5 rings (SSSR count). The Labute approximate surface area is 186 Å². The summed E-state index contributed by atoms with van der Waals surface area (Å²) in [4.78, 5) is 16.0. The number of benzene rings is 3. The van der Waals surface area contributed by atoms with Gasteiger partial charge in [0.2, 0.25) is 5.91 Å². The molecule has 0 aliphatic carbocycles. The van der Waals surface area contributed by atoms with Crippen molar-refractivity contribution >= 4 is 33.3 Å². The number of aromatic amines is 1. The van der Waals surface area contributed by atoms with Crippen LogP contribution >= 0.6 is 0 Å². The SMILES string of the molecule is C=CC(=O)N1CCN(c2cc3ccccc3c(-c3c(C)ccc4[nH]ncc34)c2C#N)CC1. The van der Waals surface area contributed by atoms with Crippen LogP contribution < -0.4 is 4.90 Å². The molecule has 1 amide bonds. The molecule has 0 spiro atoms. The summed E-state index contributed by atoms with van der Waals surface area (Å²) in [5.41, 5.74) is 5.58. The van der Waals surface area contributed by atoms with Gasteiger partial charge in [-0.1, -0.05) is 36.9 Å². The van der Waals surface area contributed by atoms with Crippen LogP contribution in [0.2, 0.25) is 0 Å². The van der Waals surface area contributed by atoms with Crippen molar-refractivity contribution in [3.05, 3.63) is 72.4 Å². The standard InChI is InChI=1S/C26H23N5O/c1-3-24(32)31-12-10-30(11-13-31)23-14-18-6-4-5-7-19(18)26(20(23)15-27)25-17(2)8-9-22-21(25)16-28-29-22/h3-9,14,16H,1,10-13H2,2H3,(H,28,29). The molecule has 1 N–H and O–H groups in total. The number of carbonyl (C=O) groups excluding carboxylic acids is 1. The number of H-pyrrole nitrogens is 1. The van der Waals surface area contributed by atoms with Crippen LogP contribution in [0.15, 0.2) is 61.3 Å². The molecule has 1 aromatic heterocycles. The molecule has 4 aromatic rings. The van der Waals surface area contributed by atoms with Crippen molar-refractivity contribution in [3.8, 4) is 17.2 Å². The molecule has 3 aromatic carbocycles. The molecule has 1 aliphatic rings. The Morgan fingerprint density at radius 1 is 1.12 bits per heavy atom. The maximum Gasteiger partial charge on any atom is 0.246 e. The molecule has 1 aliphatic heterocycles. The number of hydrogen-bond donors (Lipinski definition) is 1. The van der Waals surface area contributed by atoms with Crippen molar-refractivity contribution in [2.45, 2.75) is 6.92 Å². The first-order valence-corrected chi connectivity index (χ1v) is 10.7. The van der Waals surface area contributed by atoms with Gasteiger partial charge in [0, 0.05) is 37.1 Å². The Morgan fingerprint density at radius 2 is 1.91 bits per heavy atom. The fraction of sp³-hybridized carbons (Fsp3) is 0.192. The summed E-state index contributed by atoms with van der Waals surface area (Å²) < 4.78 is 0. The van der Waals surface area contributed by atoms with Crippen molar-refractivity contribution in [2.24, 2.45) is 0 Å². The predicted octanol–water partition coefficient (Wildman–Crippen LogP) is 4.40. The smallest absolute Gasteiger partial charge is 0.246 e. The van der Waals surface area contributed by atoms with E-state index in [1.165, 1.54) is 6.08 Å². The number of piperazine rings is 1. The second kappa shape index (κ2) is 7.86. The minimum Gasteiger partial charge on any atom is -0.367 e. The number of aryl methyl sites for hydroxylation is 1. The lowest BCUT2D eigenvalue weighted by Crippen LogP contribution is -2.48. The molecule has 0 saturated carbocycles. The van der Waals surface area contributed by atoms with E-state index in [9.17, 15) is 10.1 Å². The van der Waals surface area contributed by atoms with Gasteiger partial charge in [-0.15, -0.1) is 0 Å². The molecule has 0 bridgehead atoms. The highest BCUT2D eigenvalue weighted by Crippen LogP contribution is 2.42. The van der Waals surface area contributed by atoms with Crippen LogP contribution in [-0.4, -0.2) is 47.2 Å². The van der Waals surface area contributed by atoms with E-state index in [1.54, 1.807) is 4.90 Å². The maximum atomic E-state index is 12.0. The minimum absolute atomic E-state index is 0.0494.